The third kappa shape index (κ3) is 7.53. The molecule has 0 saturated carbocycles. The van der Waals surface area contributed by atoms with Gasteiger partial charge in [0, 0.05) is 6.42 Å². The van der Waals surface area contributed by atoms with Crippen LogP contribution >= 0.6 is 24.0 Å². The van der Waals surface area contributed by atoms with Crippen LogP contribution in [0.2, 0.25) is 0 Å². The van der Waals surface area contributed by atoms with E-state index < -0.39 is 18.0 Å². The fourth-order valence-corrected chi connectivity index (χ4v) is 0.402. The van der Waals surface area contributed by atoms with Crippen LogP contribution in [0.25, 0.3) is 0 Å². The molecule has 0 spiro atoms. The van der Waals surface area contributed by atoms with E-state index >= 15 is 0 Å². The molecule has 0 aliphatic rings. The zero-order valence-corrected chi connectivity index (χ0v) is 8.02. The second-order valence-corrected chi connectivity index (χ2v) is 1.88. The second-order valence-electron chi connectivity index (χ2n) is 1.88. The molecule has 0 aliphatic carbocycles. The Labute approximate surface area is 80.6 Å². The molecule has 0 heterocycles. The molecule has 0 fully saturated rings. The summed E-state index contributed by atoms with van der Waals surface area (Å²) in [6.07, 6.45) is -0.224. The third-order valence-corrected chi connectivity index (χ3v) is 0.986. The summed E-state index contributed by atoms with van der Waals surface area (Å²) in [5, 5.41) is 16.3. The minimum atomic E-state index is -1.17. The minimum Gasteiger partial charge on any atom is -0.481 e. The number of aliphatic carboxylic acids is 2. The van der Waals surface area contributed by atoms with Crippen molar-refractivity contribution in [3.63, 3.8) is 0 Å². The van der Waals surface area contributed by atoms with Gasteiger partial charge in [0.25, 0.3) is 0 Å². The molecule has 0 saturated heterocycles. The molecule has 11 heavy (non-hydrogen) atoms. The van der Waals surface area contributed by atoms with E-state index in [2.05, 4.69) is 0 Å². The standard InChI is InChI=1S/C5H9NO4.HI/c6-3(5(9)10)1-2-4(7)8;/h3H,1-2,6H2,(H,7,8)(H,9,10);1H. The molecule has 0 rings (SSSR count). The molecule has 4 N–H and O–H groups in total. The molecule has 1 atom stereocenters. The fourth-order valence-electron chi connectivity index (χ4n) is 0.402. The zero-order chi connectivity index (χ0) is 8.15. The van der Waals surface area contributed by atoms with E-state index in [-0.39, 0.29) is 36.8 Å². The van der Waals surface area contributed by atoms with Gasteiger partial charge >= 0.3 is 11.9 Å². The lowest BCUT2D eigenvalue weighted by molar-refractivity contribution is -0.139. The number of hydrogen-bond donors (Lipinski definition) is 3. The van der Waals surface area contributed by atoms with Gasteiger partial charge in [-0.15, -0.1) is 24.0 Å². The van der Waals surface area contributed by atoms with Crippen LogP contribution in [0, 0.1) is 0 Å². The quantitative estimate of drug-likeness (QED) is 0.621. The van der Waals surface area contributed by atoms with Gasteiger partial charge in [-0.05, 0) is 6.42 Å². The van der Waals surface area contributed by atoms with Crippen LogP contribution in [0.5, 0.6) is 0 Å². The first kappa shape index (κ1) is 13.2. The molecule has 0 bridgehead atoms. The number of nitrogens with two attached hydrogens (primary N) is 1. The van der Waals surface area contributed by atoms with E-state index in [1.54, 1.807) is 0 Å². The molecular weight excluding hydrogens is 265 g/mol. The summed E-state index contributed by atoms with van der Waals surface area (Å²) < 4.78 is 0. The van der Waals surface area contributed by atoms with E-state index in [0.29, 0.717) is 0 Å². The molecule has 66 valence electrons. The fraction of sp³-hybridized carbons (Fsp3) is 0.600. The Morgan fingerprint density at radius 2 is 1.82 bits per heavy atom. The molecule has 6 heteroatoms. The third-order valence-electron chi connectivity index (χ3n) is 0.986. The van der Waals surface area contributed by atoms with Crippen LogP contribution < -0.4 is 5.73 Å². The summed E-state index contributed by atoms with van der Waals surface area (Å²) in [5.41, 5.74) is 5.00. The number of carbonyl (C=O) groups is 2. The molecule has 0 aromatic heterocycles. The summed E-state index contributed by atoms with van der Waals surface area (Å²) in [6, 6.07) is -1.06. The first-order valence-corrected chi connectivity index (χ1v) is 2.74. The topological polar surface area (TPSA) is 101 Å². The van der Waals surface area contributed by atoms with Crippen molar-refractivity contribution in [2.45, 2.75) is 18.9 Å². The Balaban J connectivity index is 0. The Hall–Kier alpha value is -0.370. The lowest BCUT2D eigenvalue weighted by atomic mass is 10.2. The Morgan fingerprint density at radius 3 is 2.09 bits per heavy atom. The van der Waals surface area contributed by atoms with Gasteiger partial charge in [-0.1, -0.05) is 0 Å². The summed E-state index contributed by atoms with van der Waals surface area (Å²) >= 11 is 0. The van der Waals surface area contributed by atoms with Crippen molar-refractivity contribution < 1.29 is 19.8 Å². The van der Waals surface area contributed by atoms with Crippen LogP contribution in [0.1, 0.15) is 12.8 Å². The Kier molecular flexibility index (Phi) is 7.64. The van der Waals surface area contributed by atoms with Crippen LogP contribution in [0.15, 0.2) is 0 Å². The van der Waals surface area contributed by atoms with Crippen molar-refractivity contribution in [3.8, 4) is 0 Å². The molecule has 0 aromatic rings. The monoisotopic (exact) mass is 275 g/mol. The van der Waals surface area contributed by atoms with Crippen molar-refractivity contribution in [1.29, 1.82) is 0 Å². The number of rotatable bonds is 4. The van der Waals surface area contributed by atoms with Gasteiger partial charge in [0.15, 0.2) is 0 Å². The van der Waals surface area contributed by atoms with Crippen molar-refractivity contribution in [3.05, 3.63) is 0 Å². The van der Waals surface area contributed by atoms with Crippen LogP contribution in [0.3, 0.4) is 0 Å². The van der Waals surface area contributed by atoms with E-state index in [1.165, 1.54) is 0 Å². The van der Waals surface area contributed by atoms with E-state index in [9.17, 15) is 9.59 Å². The van der Waals surface area contributed by atoms with Crippen molar-refractivity contribution in [2.24, 2.45) is 5.73 Å². The van der Waals surface area contributed by atoms with Gasteiger partial charge in [0.05, 0.1) is 0 Å². The normalized spacial score (nSPS) is 11.4. The Morgan fingerprint density at radius 1 is 1.36 bits per heavy atom. The number of carboxylic acids is 2. The van der Waals surface area contributed by atoms with Gasteiger partial charge in [0.2, 0.25) is 0 Å². The van der Waals surface area contributed by atoms with Crippen molar-refractivity contribution in [1.82, 2.24) is 0 Å². The molecule has 5 nitrogen and oxygen atoms in total. The predicted molar refractivity (Wildman–Crippen MR) is 47.9 cm³/mol. The first-order chi connectivity index (χ1) is 4.54. The summed E-state index contributed by atoms with van der Waals surface area (Å²) in [6.45, 7) is 0. The zero-order valence-electron chi connectivity index (χ0n) is 5.69. The van der Waals surface area contributed by atoms with Crippen molar-refractivity contribution in [2.75, 3.05) is 0 Å². The highest BCUT2D eigenvalue weighted by Crippen LogP contribution is 1.93. The maximum absolute atomic E-state index is 9.99. The van der Waals surface area contributed by atoms with Crippen LogP contribution in [-0.4, -0.2) is 28.2 Å². The summed E-state index contributed by atoms with van der Waals surface area (Å²) in [7, 11) is 0. The molecule has 0 radical (unpaired) electrons. The minimum absolute atomic E-state index is 0. The van der Waals surface area contributed by atoms with E-state index in [1.807, 2.05) is 0 Å². The smallest absolute Gasteiger partial charge is 0.320 e. The van der Waals surface area contributed by atoms with Gasteiger partial charge in [-0.3, -0.25) is 9.59 Å². The predicted octanol–water partition coefficient (Wildman–Crippen LogP) is -0.119. The number of hydrogen-bond acceptors (Lipinski definition) is 3. The highest BCUT2D eigenvalue weighted by atomic mass is 127. The second kappa shape index (κ2) is 6.35. The van der Waals surface area contributed by atoms with E-state index in [4.69, 9.17) is 15.9 Å². The van der Waals surface area contributed by atoms with Crippen LogP contribution in [0.4, 0.5) is 0 Å². The molecule has 0 amide bonds. The molecular formula is C5H10INO4. The average Bonchev–Trinajstić information content (AvgIpc) is 1.82. The SMILES string of the molecule is I.NC(CCC(=O)O)C(=O)O. The lowest BCUT2D eigenvalue weighted by Crippen LogP contribution is -2.30. The highest BCUT2D eigenvalue weighted by Gasteiger charge is 2.12. The van der Waals surface area contributed by atoms with Crippen LogP contribution in [-0.2, 0) is 9.59 Å². The number of halogens is 1. The molecule has 0 aromatic carbocycles. The van der Waals surface area contributed by atoms with Gasteiger partial charge in [0.1, 0.15) is 6.04 Å². The lowest BCUT2D eigenvalue weighted by Gasteiger charge is -2.01. The molecule has 1 unspecified atom stereocenters. The maximum atomic E-state index is 9.99. The summed E-state index contributed by atoms with van der Waals surface area (Å²) in [4.78, 5) is 19.9. The Bertz CT molecular complexity index is 149. The summed E-state index contributed by atoms with van der Waals surface area (Å²) in [5.74, 6) is -2.20. The average molecular weight is 275 g/mol. The maximum Gasteiger partial charge on any atom is 0.320 e. The highest BCUT2D eigenvalue weighted by molar-refractivity contribution is 14.0. The van der Waals surface area contributed by atoms with Gasteiger partial charge in [-0.2, -0.15) is 0 Å². The largest absolute Gasteiger partial charge is 0.481 e. The van der Waals surface area contributed by atoms with Gasteiger partial charge in [-0.25, -0.2) is 0 Å². The van der Waals surface area contributed by atoms with Crippen molar-refractivity contribution >= 4 is 35.9 Å². The number of carboxylic acid groups (broad SMARTS) is 2. The molecule has 0 aliphatic heterocycles. The first-order valence-electron chi connectivity index (χ1n) is 2.74. The van der Waals surface area contributed by atoms with E-state index in [0.717, 1.165) is 0 Å². The van der Waals surface area contributed by atoms with Gasteiger partial charge < -0.3 is 15.9 Å².